The van der Waals surface area contributed by atoms with Gasteiger partial charge in [-0.2, -0.15) is 0 Å². The van der Waals surface area contributed by atoms with Crippen LogP contribution in [0.1, 0.15) is 0 Å². The molecule has 1 heterocycles. The average molecular weight is 272 g/mol. The molecule has 66 valence electrons. The van der Waals surface area contributed by atoms with Crippen molar-refractivity contribution in [3.63, 3.8) is 0 Å². The Kier molecular flexibility index (Phi) is 2.98. The van der Waals surface area contributed by atoms with E-state index in [-0.39, 0.29) is 0 Å². The molecule has 0 spiro atoms. The normalized spacial score (nSPS) is 11.3. The van der Waals surface area contributed by atoms with E-state index in [1.807, 2.05) is 6.20 Å². The van der Waals surface area contributed by atoms with Gasteiger partial charge in [-0.05, 0) is 0 Å². The van der Waals surface area contributed by atoms with Crippen molar-refractivity contribution in [2.75, 3.05) is 7.11 Å². The summed E-state index contributed by atoms with van der Waals surface area (Å²) in [7, 11) is 1.68. The van der Waals surface area contributed by atoms with Crippen LogP contribution in [0.2, 0.25) is 14.8 Å². The molecule has 0 N–H and O–H groups in total. The van der Waals surface area contributed by atoms with Crippen LogP contribution in [0.15, 0.2) is 18.5 Å². The van der Waals surface area contributed by atoms with E-state index in [4.69, 9.17) is 4.74 Å². The monoisotopic (exact) mass is 273 g/mol. The van der Waals surface area contributed by atoms with Crippen molar-refractivity contribution in [3.8, 4) is 5.75 Å². The van der Waals surface area contributed by atoms with E-state index in [1.165, 1.54) is 3.58 Å². The van der Waals surface area contributed by atoms with Crippen LogP contribution in [0.3, 0.4) is 0 Å². The van der Waals surface area contributed by atoms with Crippen molar-refractivity contribution in [3.05, 3.63) is 18.5 Å². The third-order valence-corrected chi connectivity index (χ3v) is 7.54. The summed E-state index contributed by atoms with van der Waals surface area (Å²) in [6, 6.07) is 2.11. The first kappa shape index (κ1) is 9.83. The van der Waals surface area contributed by atoms with Crippen LogP contribution in [0.4, 0.5) is 0 Å². The molecule has 0 saturated carbocycles. The van der Waals surface area contributed by atoms with Crippen LogP contribution in [-0.2, 0) is 0 Å². The van der Waals surface area contributed by atoms with E-state index < -0.39 is 18.4 Å². The molecule has 0 bridgehead atoms. The average Bonchev–Trinajstić information content (AvgIpc) is 2.03. The molecule has 0 aromatic carbocycles. The van der Waals surface area contributed by atoms with Crippen LogP contribution in [0.5, 0.6) is 5.75 Å². The van der Waals surface area contributed by atoms with E-state index in [9.17, 15) is 0 Å². The molecule has 0 amide bonds. The van der Waals surface area contributed by atoms with Crippen molar-refractivity contribution in [2.24, 2.45) is 0 Å². The van der Waals surface area contributed by atoms with E-state index in [1.54, 1.807) is 13.3 Å². The first-order valence-corrected chi connectivity index (χ1v) is 14.0. The van der Waals surface area contributed by atoms with Crippen LogP contribution < -0.4 is 8.32 Å². The Morgan fingerprint density at radius 2 is 1.92 bits per heavy atom. The minimum atomic E-state index is -1.92. The second-order valence-corrected chi connectivity index (χ2v) is 18.4. The van der Waals surface area contributed by atoms with Gasteiger partial charge in [0.05, 0.1) is 0 Å². The third kappa shape index (κ3) is 2.37. The zero-order valence-corrected chi connectivity index (χ0v) is 10.9. The SMILES string of the molecule is COc1cnc[c]([Sn]([CH3])([CH3])[CH3])c1. The molecule has 0 atom stereocenters. The molecule has 1 rings (SSSR count). The molecule has 0 aliphatic rings. The summed E-state index contributed by atoms with van der Waals surface area (Å²) in [5.74, 6) is 0.874. The molecule has 12 heavy (non-hydrogen) atoms. The summed E-state index contributed by atoms with van der Waals surface area (Å²) in [5, 5.41) is 0. The molecule has 0 saturated heterocycles. The number of ether oxygens (including phenoxy) is 1. The topological polar surface area (TPSA) is 22.1 Å². The molecule has 1 aromatic rings. The molecule has 1 aromatic heterocycles. The Morgan fingerprint density at radius 3 is 2.42 bits per heavy atom. The minimum absolute atomic E-state index is 0.874. The number of rotatable bonds is 2. The van der Waals surface area contributed by atoms with E-state index in [2.05, 4.69) is 25.9 Å². The van der Waals surface area contributed by atoms with Gasteiger partial charge in [0, 0.05) is 0 Å². The van der Waals surface area contributed by atoms with Gasteiger partial charge in [0.2, 0.25) is 0 Å². The van der Waals surface area contributed by atoms with Crippen LogP contribution in [0, 0.1) is 0 Å². The Morgan fingerprint density at radius 1 is 1.25 bits per heavy atom. The van der Waals surface area contributed by atoms with Gasteiger partial charge in [0.25, 0.3) is 0 Å². The molecule has 0 aliphatic heterocycles. The number of hydrogen-bond donors (Lipinski definition) is 0. The van der Waals surface area contributed by atoms with Gasteiger partial charge in [0.1, 0.15) is 0 Å². The summed E-state index contributed by atoms with van der Waals surface area (Å²) >= 11 is -1.92. The molecule has 0 fully saturated rings. The van der Waals surface area contributed by atoms with Gasteiger partial charge in [0.15, 0.2) is 0 Å². The zero-order valence-electron chi connectivity index (χ0n) is 8.09. The summed E-state index contributed by atoms with van der Waals surface area (Å²) in [4.78, 5) is 11.2. The molecule has 0 aliphatic carbocycles. The molecule has 0 radical (unpaired) electrons. The first-order chi connectivity index (χ1) is 5.54. The Hall–Kier alpha value is -0.251. The second-order valence-electron chi connectivity index (χ2n) is 3.86. The quantitative estimate of drug-likeness (QED) is 0.763. The fraction of sp³-hybridized carbons (Fsp3) is 0.444. The number of aromatic nitrogens is 1. The van der Waals surface area contributed by atoms with E-state index >= 15 is 0 Å². The maximum absolute atomic E-state index is 5.12. The fourth-order valence-corrected chi connectivity index (χ4v) is 3.90. The van der Waals surface area contributed by atoms with Crippen molar-refractivity contribution in [2.45, 2.75) is 14.8 Å². The second kappa shape index (κ2) is 3.64. The summed E-state index contributed by atoms with van der Waals surface area (Å²) < 4.78 is 6.53. The van der Waals surface area contributed by atoms with E-state index in [0.717, 1.165) is 5.75 Å². The molecule has 0 unspecified atom stereocenters. The standard InChI is InChI=1S/C6H6NO.3CH3.Sn/c1-8-6-3-2-4-7-5-6;;;;/h3-5H,1H3;3*1H3;. The van der Waals surface area contributed by atoms with Gasteiger partial charge in [-0.3, -0.25) is 0 Å². The Bertz CT molecular complexity index is 267. The maximum atomic E-state index is 5.12. The Balaban J connectivity index is 3.02. The molecular weight excluding hydrogens is 257 g/mol. The van der Waals surface area contributed by atoms with E-state index in [0.29, 0.717) is 0 Å². The Labute approximate surface area is 77.8 Å². The van der Waals surface area contributed by atoms with Gasteiger partial charge < -0.3 is 0 Å². The van der Waals surface area contributed by atoms with Gasteiger partial charge in [-0.15, -0.1) is 0 Å². The third-order valence-electron chi connectivity index (χ3n) is 1.81. The van der Waals surface area contributed by atoms with Crippen molar-refractivity contribution in [1.29, 1.82) is 0 Å². The fourth-order valence-electron chi connectivity index (χ4n) is 0.941. The number of pyridine rings is 1. The summed E-state index contributed by atoms with van der Waals surface area (Å²) in [5.41, 5.74) is 0. The first-order valence-electron chi connectivity index (χ1n) is 4.03. The van der Waals surface area contributed by atoms with Crippen molar-refractivity contribution < 1.29 is 4.74 Å². The van der Waals surface area contributed by atoms with Crippen LogP contribution >= 0.6 is 0 Å². The van der Waals surface area contributed by atoms with Crippen molar-refractivity contribution in [1.82, 2.24) is 4.98 Å². The number of hydrogen-bond acceptors (Lipinski definition) is 2. The zero-order chi connectivity index (χ0) is 9.19. The van der Waals surface area contributed by atoms with Gasteiger partial charge >= 0.3 is 77.8 Å². The molecular formula is C9H15NOSn. The summed E-state index contributed by atoms with van der Waals surface area (Å²) in [6.07, 6.45) is 3.72. The predicted molar refractivity (Wildman–Crippen MR) is 53.8 cm³/mol. The van der Waals surface area contributed by atoms with Gasteiger partial charge in [-0.1, -0.05) is 0 Å². The molecule has 2 nitrogen and oxygen atoms in total. The number of methoxy groups -OCH3 is 1. The van der Waals surface area contributed by atoms with Crippen LogP contribution in [0.25, 0.3) is 0 Å². The predicted octanol–water partition coefficient (Wildman–Crippen LogP) is 1.64. The van der Waals surface area contributed by atoms with Gasteiger partial charge in [-0.25, -0.2) is 0 Å². The van der Waals surface area contributed by atoms with Crippen molar-refractivity contribution >= 4 is 22.0 Å². The summed E-state index contributed by atoms with van der Waals surface area (Å²) in [6.45, 7) is 0. The number of nitrogens with zero attached hydrogens (tertiary/aromatic N) is 1. The van der Waals surface area contributed by atoms with Crippen LogP contribution in [-0.4, -0.2) is 30.5 Å². The molecule has 3 heteroatoms.